The molecule has 1 aromatic heterocycles. The van der Waals surface area contributed by atoms with Gasteiger partial charge in [0.2, 0.25) is 0 Å². The van der Waals surface area contributed by atoms with Gasteiger partial charge in [0.15, 0.2) is 5.13 Å². The molecule has 3 aromatic rings. The number of nitriles is 1. The molecule has 0 aliphatic heterocycles. The lowest BCUT2D eigenvalue weighted by atomic mass is 10.1. The highest BCUT2D eigenvalue weighted by Gasteiger charge is 2.15. The fraction of sp³-hybridized carbons (Fsp3) is 0. The molecule has 0 atom stereocenters. The fourth-order valence-corrected chi connectivity index (χ4v) is 3.06. The van der Waals surface area contributed by atoms with Crippen LogP contribution in [-0.4, -0.2) is 10.9 Å². The first-order chi connectivity index (χ1) is 10.6. The number of fused-ring (bicyclic) bond motifs is 1. The third-order valence-electron chi connectivity index (χ3n) is 2.93. The average Bonchev–Trinajstić information content (AvgIpc) is 2.90. The third kappa shape index (κ3) is 3.42. The summed E-state index contributed by atoms with van der Waals surface area (Å²) < 4.78 is 14.6. The SMILES string of the molecule is Cl.N#Cc1ccc(C(=O)Nc2nc3c(Cl)cccc3s2)c(F)c1. The summed E-state index contributed by atoms with van der Waals surface area (Å²) in [5.74, 6) is -1.38. The number of aromatic nitrogens is 1. The molecular weight excluding hydrogens is 360 g/mol. The molecule has 0 unspecified atom stereocenters. The number of rotatable bonds is 2. The molecule has 1 amide bonds. The minimum atomic E-state index is -0.754. The van der Waals surface area contributed by atoms with Gasteiger partial charge in [0.1, 0.15) is 11.3 Å². The maximum atomic E-state index is 13.8. The van der Waals surface area contributed by atoms with Gasteiger partial charge in [0, 0.05) is 0 Å². The van der Waals surface area contributed by atoms with Crippen molar-refractivity contribution in [3.63, 3.8) is 0 Å². The maximum Gasteiger partial charge on any atom is 0.260 e. The smallest absolute Gasteiger partial charge is 0.260 e. The Bertz CT molecular complexity index is 936. The zero-order valence-corrected chi connectivity index (χ0v) is 13.7. The largest absolute Gasteiger partial charge is 0.298 e. The highest BCUT2D eigenvalue weighted by Crippen LogP contribution is 2.30. The topological polar surface area (TPSA) is 65.8 Å². The second kappa shape index (κ2) is 6.92. The Hall–Kier alpha value is -2.20. The Morgan fingerprint density at radius 1 is 1.35 bits per heavy atom. The van der Waals surface area contributed by atoms with E-state index in [4.69, 9.17) is 16.9 Å². The van der Waals surface area contributed by atoms with Crippen molar-refractivity contribution in [1.29, 1.82) is 5.26 Å². The van der Waals surface area contributed by atoms with E-state index in [0.29, 0.717) is 15.7 Å². The minimum absolute atomic E-state index is 0. The van der Waals surface area contributed by atoms with Gasteiger partial charge in [-0.3, -0.25) is 10.1 Å². The van der Waals surface area contributed by atoms with E-state index in [0.717, 1.165) is 10.8 Å². The lowest BCUT2D eigenvalue weighted by Gasteiger charge is -2.03. The van der Waals surface area contributed by atoms with Crippen LogP contribution in [0, 0.1) is 17.1 Å². The predicted octanol–water partition coefficient (Wildman–Crippen LogP) is 4.63. The Morgan fingerprint density at radius 2 is 2.13 bits per heavy atom. The molecule has 23 heavy (non-hydrogen) atoms. The highest BCUT2D eigenvalue weighted by molar-refractivity contribution is 7.22. The van der Waals surface area contributed by atoms with E-state index < -0.39 is 11.7 Å². The summed E-state index contributed by atoms with van der Waals surface area (Å²) in [5, 5.41) is 12.1. The molecule has 3 rings (SSSR count). The zero-order valence-electron chi connectivity index (χ0n) is 11.3. The van der Waals surface area contributed by atoms with Gasteiger partial charge in [0.25, 0.3) is 5.91 Å². The van der Waals surface area contributed by atoms with Gasteiger partial charge in [-0.2, -0.15) is 5.26 Å². The van der Waals surface area contributed by atoms with Crippen molar-refractivity contribution in [2.45, 2.75) is 0 Å². The van der Waals surface area contributed by atoms with E-state index in [2.05, 4.69) is 10.3 Å². The molecular formula is C15H8Cl2FN3OS. The standard InChI is InChI=1S/C15H7ClFN3OS.ClH/c16-10-2-1-3-12-13(10)19-15(22-12)20-14(21)9-5-4-8(7-18)6-11(9)17;/h1-6H,(H,19,20,21);1H. The molecule has 0 aliphatic carbocycles. The molecule has 0 radical (unpaired) electrons. The molecule has 0 saturated carbocycles. The monoisotopic (exact) mass is 367 g/mol. The molecule has 116 valence electrons. The second-order valence-corrected chi connectivity index (χ2v) is 5.80. The average molecular weight is 368 g/mol. The first-order valence-corrected chi connectivity index (χ1v) is 7.34. The maximum absolute atomic E-state index is 13.8. The summed E-state index contributed by atoms with van der Waals surface area (Å²) in [6, 6.07) is 10.8. The molecule has 4 nitrogen and oxygen atoms in total. The number of nitrogens with one attached hydrogen (secondary N) is 1. The molecule has 1 N–H and O–H groups in total. The van der Waals surface area contributed by atoms with Crippen LogP contribution in [0.1, 0.15) is 15.9 Å². The quantitative estimate of drug-likeness (QED) is 0.717. The summed E-state index contributed by atoms with van der Waals surface area (Å²) in [6.07, 6.45) is 0. The van der Waals surface area contributed by atoms with Crippen LogP contribution in [-0.2, 0) is 0 Å². The van der Waals surface area contributed by atoms with Gasteiger partial charge < -0.3 is 0 Å². The number of hydrogen-bond donors (Lipinski definition) is 1. The first kappa shape index (κ1) is 17.2. The normalized spacial score (nSPS) is 9.96. The second-order valence-electron chi connectivity index (χ2n) is 4.37. The number of para-hydroxylation sites is 1. The summed E-state index contributed by atoms with van der Waals surface area (Å²) in [5.41, 5.74) is 0.593. The number of nitrogens with zero attached hydrogens (tertiary/aromatic N) is 2. The summed E-state index contributed by atoms with van der Waals surface area (Å²) in [6.45, 7) is 0. The summed E-state index contributed by atoms with van der Waals surface area (Å²) in [4.78, 5) is 16.3. The van der Waals surface area contributed by atoms with E-state index in [1.54, 1.807) is 12.1 Å². The van der Waals surface area contributed by atoms with Gasteiger partial charge in [-0.05, 0) is 30.3 Å². The lowest BCUT2D eigenvalue weighted by Crippen LogP contribution is -2.13. The Labute approximate surface area is 145 Å². The number of benzene rings is 2. The zero-order chi connectivity index (χ0) is 15.7. The Morgan fingerprint density at radius 3 is 2.78 bits per heavy atom. The number of halogens is 3. The van der Waals surface area contributed by atoms with Crippen LogP contribution in [0.5, 0.6) is 0 Å². The first-order valence-electron chi connectivity index (χ1n) is 6.14. The molecule has 0 fully saturated rings. The third-order valence-corrected chi connectivity index (χ3v) is 4.17. The number of carbonyl (C=O) groups is 1. The lowest BCUT2D eigenvalue weighted by molar-refractivity contribution is 0.102. The molecule has 8 heteroatoms. The molecule has 0 aliphatic rings. The molecule has 0 saturated heterocycles. The number of anilines is 1. The van der Waals surface area contributed by atoms with E-state index in [-0.39, 0.29) is 23.5 Å². The van der Waals surface area contributed by atoms with Gasteiger partial charge >= 0.3 is 0 Å². The predicted molar refractivity (Wildman–Crippen MR) is 90.9 cm³/mol. The van der Waals surface area contributed by atoms with E-state index in [1.165, 1.54) is 23.5 Å². The van der Waals surface area contributed by atoms with E-state index >= 15 is 0 Å². The number of hydrogen-bond acceptors (Lipinski definition) is 4. The Kier molecular flexibility index (Phi) is 5.16. The molecule has 2 aromatic carbocycles. The van der Waals surface area contributed by atoms with Crippen molar-refractivity contribution >= 4 is 56.6 Å². The number of amides is 1. The van der Waals surface area contributed by atoms with Crippen LogP contribution < -0.4 is 5.32 Å². The van der Waals surface area contributed by atoms with Gasteiger partial charge in [-0.25, -0.2) is 9.37 Å². The van der Waals surface area contributed by atoms with Crippen molar-refractivity contribution in [2.24, 2.45) is 0 Å². The Balaban J connectivity index is 0.00000192. The van der Waals surface area contributed by atoms with Crippen LogP contribution in [0.25, 0.3) is 10.2 Å². The van der Waals surface area contributed by atoms with E-state index in [1.807, 2.05) is 12.1 Å². The molecule has 0 bridgehead atoms. The van der Waals surface area contributed by atoms with Gasteiger partial charge in [0.05, 0.1) is 26.9 Å². The van der Waals surface area contributed by atoms with Crippen LogP contribution in [0.2, 0.25) is 5.02 Å². The number of thiazole rings is 1. The van der Waals surface area contributed by atoms with Gasteiger partial charge in [-0.1, -0.05) is 29.0 Å². The fourth-order valence-electron chi connectivity index (χ4n) is 1.90. The molecule has 0 spiro atoms. The van der Waals surface area contributed by atoms with Crippen molar-refractivity contribution in [2.75, 3.05) is 5.32 Å². The van der Waals surface area contributed by atoms with Crippen molar-refractivity contribution < 1.29 is 9.18 Å². The van der Waals surface area contributed by atoms with Crippen LogP contribution in [0.15, 0.2) is 36.4 Å². The van der Waals surface area contributed by atoms with Gasteiger partial charge in [-0.15, -0.1) is 12.4 Å². The summed E-state index contributed by atoms with van der Waals surface area (Å²) >= 11 is 7.27. The highest BCUT2D eigenvalue weighted by atomic mass is 35.5. The van der Waals surface area contributed by atoms with E-state index in [9.17, 15) is 9.18 Å². The van der Waals surface area contributed by atoms with Crippen molar-refractivity contribution in [1.82, 2.24) is 4.98 Å². The molecule has 1 heterocycles. The van der Waals surface area contributed by atoms with Crippen molar-refractivity contribution in [3.8, 4) is 6.07 Å². The van der Waals surface area contributed by atoms with Crippen molar-refractivity contribution in [3.05, 3.63) is 58.4 Å². The van der Waals surface area contributed by atoms with Crippen LogP contribution >= 0.6 is 35.3 Å². The summed E-state index contributed by atoms with van der Waals surface area (Å²) in [7, 11) is 0. The number of carbonyl (C=O) groups excluding carboxylic acids is 1. The minimum Gasteiger partial charge on any atom is -0.298 e. The van der Waals surface area contributed by atoms with Crippen LogP contribution in [0.3, 0.4) is 0 Å². The van der Waals surface area contributed by atoms with Crippen LogP contribution in [0.4, 0.5) is 9.52 Å².